The average Bonchev–Trinajstić information content (AvgIpc) is 3.17. The van der Waals surface area contributed by atoms with Crippen LogP contribution >= 0.6 is 23.4 Å². The third kappa shape index (κ3) is 4.80. The van der Waals surface area contributed by atoms with Crippen LogP contribution in [0.2, 0.25) is 5.02 Å². The Morgan fingerprint density at radius 1 is 1.16 bits per heavy atom. The number of ether oxygens (including phenoxy) is 1. The van der Waals surface area contributed by atoms with Crippen LogP contribution in [0.4, 0.5) is 5.69 Å². The number of rotatable bonds is 7. The number of nitrogens with zero attached hydrogens (tertiary/aromatic N) is 3. The van der Waals surface area contributed by atoms with E-state index in [9.17, 15) is 4.79 Å². The fraction of sp³-hybridized carbons (Fsp3) is 0.318. The smallest absolute Gasteiger partial charge is 0.240 e. The molecule has 2 atom stereocenters. The number of benzene rings is 2. The fourth-order valence-corrected chi connectivity index (χ4v) is 4.64. The van der Waals surface area contributed by atoms with E-state index < -0.39 is 5.25 Å². The Kier molecular flexibility index (Phi) is 6.67. The number of aryl methyl sites for hydroxylation is 1. The second-order valence-electron chi connectivity index (χ2n) is 7.13. The van der Waals surface area contributed by atoms with E-state index >= 15 is 0 Å². The molecule has 2 heterocycles. The van der Waals surface area contributed by atoms with E-state index in [1.807, 2.05) is 35.9 Å². The number of hydrogen-bond acceptors (Lipinski definition) is 6. The lowest BCUT2D eigenvalue weighted by molar-refractivity contribution is -0.116. The highest BCUT2D eigenvalue weighted by Crippen LogP contribution is 2.38. The number of fused-ring (bicyclic) bond motifs is 1. The van der Waals surface area contributed by atoms with Crippen molar-refractivity contribution in [2.45, 2.75) is 43.1 Å². The summed E-state index contributed by atoms with van der Waals surface area (Å²) in [6.45, 7) is 4.66. The standard InChI is InChI=1S/C22H24ClN5O2S/c1-3-5-18-25-26-22-28(18)27-19(14-6-12-17(13-7-14)30-4-2)20(31-22)21(29)24-16-10-8-15(23)9-11-16/h6-13,19-20,27H,3-5H2,1-2H3,(H,24,29)/t19-,20+/m0/s1. The summed E-state index contributed by atoms with van der Waals surface area (Å²) in [7, 11) is 0. The maximum absolute atomic E-state index is 13.3. The normalized spacial score (nSPS) is 17.5. The molecular formula is C22H24ClN5O2S. The largest absolute Gasteiger partial charge is 0.494 e. The molecule has 0 bridgehead atoms. The molecule has 1 aliphatic heterocycles. The Bertz CT molecular complexity index is 1040. The molecule has 4 rings (SSSR count). The van der Waals surface area contributed by atoms with E-state index in [1.54, 1.807) is 24.3 Å². The highest BCUT2D eigenvalue weighted by molar-refractivity contribution is 8.00. The van der Waals surface area contributed by atoms with E-state index in [0.29, 0.717) is 22.5 Å². The number of nitrogens with one attached hydrogen (secondary N) is 2. The maximum Gasteiger partial charge on any atom is 0.240 e. The SMILES string of the molecule is CCCc1nnc2n1N[C@@H](c1ccc(OCC)cc1)[C@H](C(=O)Nc1ccc(Cl)cc1)S2. The van der Waals surface area contributed by atoms with Crippen LogP contribution in [0.25, 0.3) is 0 Å². The summed E-state index contributed by atoms with van der Waals surface area (Å²) in [6.07, 6.45) is 1.76. The number of anilines is 1. The molecule has 1 amide bonds. The summed E-state index contributed by atoms with van der Waals surface area (Å²) in [5.41, 5.74) is 5.15. The molecule has 9 heteroatoms. The molecule has 2 aromatic carbocycles. The summed E-state index contributed by atoms with van der Waals surface area (Å²) in [6, 6.07) is 14.6. The first-order chi connectivity index (χ1) is 15.1. The van der Waals surface area contributed by atoms with E-state index in [4.69, 9.17) is 16.3 Å². The van der Waals surface area contributed by atoms with Gasteiger partial charge in [-0.2, -0.15) is 0 Å². The van der Waals surface area contributed by atoms with Crippen molar-refractivity contribution < 1.29 is 9.53 Å². The Balaban J connectivity index is 1.64. The molecular weight excluding hydrogens is 434 g/mol. The fourth-order valence-electron chi connectivity index (χ4n) is 3.42. The summed E-state index contributed by atoms with van der Waals surface area (Å²) in [5.74, 6) is 1.54. The highest BCUT2D eigenvalue weighted by Gasteiger charge is 2.37. The highest BCUT2D eigenvalue weighted by atomic mass is 35.5. The molecule has 0 spiro atoms. The van der Waals surface area contributed by atoms with Crippen LogP contribution in [0.3, 0.4) is 0 Å². The van der Waals surface area contributed by atoms with Crippen LogP contribution in [0, 0.1) is 0 Å². The molecule has 1 aliphatic rings. The van der Waals surface area contributed by atoms with Gasteiger partial charge in [-0.25, -0.2) is 4.68 Å². The molecule has 1 aromatic heterocycles. The van der Waals surface area contributed by atoms with Crippen molar-refractivity contribution in [1.82, 2.24) is 14.9 Å². The first kappa shape index (κ1) is 21.5. The van der Waals surface area contributed by atoms with Crippen LogP contribution < -0.4 is 15.5 Å². The van der Waals surface area contributed by atoms with Crippen LogP contribution in [0.5, 0.6) is 5.75 Å². The van der Waals surface area contributed by atoms with Crippen LogP contribution in [0.15, 0.2) is 53.7 Å². The number of aromatic nitrogens is 3. The van der Waals surface area contributed by atoms with Gasteiger partial charge in [0, 0.05) is 17.1 Å². The van der Waals surface area contributed by atoms with Gasteiger partial charge in [-0.15, -0.1) is 10.2 Å². The first-order valence-corrected chi connectivity index (χ1v) is 11.5. The van der Waals surface area contributed by atoms with E-state index in [1.165, 1.54) is 11.8 Å². The van der Waals surface area contributed by atoms with Crippen LogP contribution in [-0.2, 0) is 11.2 Å². The molecule has 0 unspecified atom stereocenters. The van der Waals surface area contributed by atoms with Crippen molar-refractivity contribution in [3.63, 3.8) is 0 Å². The van der Waals surface area contributed by atoms with Crippen molar-refractivity contribution in [3.05, 3.63) is 64.9 Å². The maximum atomic E-state index is 13.3. The van der Waals surface area contributed by atoms with Crippen molar-refractivity contribution in [1.29, 1.82) is 0 Å². The lowest BCUT2D eigenvalue weighted by atomic mass is 10.0. The molecule has 162 valence electrons. The minimum absolute atomic E-state index is 0.120. The van der Waals surface area contributed by atoms with Crippen molar-refractivity contribution in [3.8, 4) is 5.75 Å². The molecule has 0 aliphatic carbocycles. The summed E-state index contributed by atoms with van der Waals surface area (Å²) < 4.78 is 7.47. The molecule has 31 heavy (non-hydrogen) atoms. The Morgan fingerprint density at radius 2 is 1.90 bits per heavy atom. The lowest BCUT2D eigenvalue weighted by Crippen LogP contribution is -2.41. The number of carbonyl (C=O) groups excluding carboxylic acids is 1. The zero-order valence-corrected chi connectivity index (χ0v) is 18.9. The van der Waals surface area contributed by atoms with Gasteiger partial charge < -0.3 is 15.5 Å². The molecule has 7 nitrogen and oxygen atoms in total. The Morgan fingerprint density at radius 3 is 2.58 bits per heavy atom. The minimum Gasteiger partial charge on any atom is -0.494 e. The number of carbonyl (C=O) groups is 1. The van der Waals surface area contributed by atoms with Gasteiger partial charge in [-0.05, 0) is 55.3 Å². The van der Waals surface area contributed by atoms with Gasteiger partial charge in [0.2, 0.25) is 11.1 Å². The van der Waals surface area contributed by atoms with Crippen molar-refractivity contribution in [2.24, 2.45) is 0 Å². The second-order valence-corrected chi connectivity index (χ2v) is 8.67. The zero-order chi connectivity index (χ0) is 21.8. The Hall–Kier alpha value is -2.71. The predicted molar refractivity (Wildman–Crippen MR) is 123 cm³/mol. The first-order valence-electron chi connectivity index (χ1n) is 10.3. The summed E-state index contributed by atoms with van der Waals surface area (Å²) in [5, 5.41) is 12.4. The van der Waals surface area contributed by atoms with Crippen molar-refractivity contribution >= 4 is 35.0 Å². The third-order valence-corrected chi connectivity index (χ3v) is 6.36. The number of amides is 1. The van der Waals surface area contributed by atoms with E-state index in [-0.39, 0.29) is 11.9 Å². The predicted octanol–water partition coefficient (Wildman–Crippen LogP) is 4.68. The average molecular weight is 458 g/mol. The molecule has 2 N–H and O–H groups in total. The van der Waals surface area contributed by atoms with Gasteiger partial charge in [0.1, 0.15) is 11.0 Å². The third-order valence-electron chi connectivity index (χ3n) is 4.90. The number of thioether (sulfide) groups is 1. The number of halogens is 1. The van der Waals surface area contributed by atoms with Gasteiger partial charge in [-0.3, -0.25) is 4.79 Å². The van der Waals surface area contributed by atoms with Crippen LogP contribution in [0.1, 0.15) is 37.7 Å². The summed E-state index contributed by atoms with van der Waals surface area (Å²) >= 11 is 7.37. The van der Waals surface area contributed by atoms with Gasteiger partial charge >= 0.3 is 0 Å². The van der Waals surface area contributed by atoms with Gasteiger partial charge in [-0.1, -0.05) is 42.4 Å². The second kappa shape index (κ2) is 9.62. The summed E-state index contributed by atoms with van der Waals surface area (Å²) in [4.78, 5) is 13.3. The number of hydrogen-bond donors (Lipinski definition) is 2. The molecule has 0 fully saturated rings. The van der Waals surface area contributed by atoms with E-state index in [0.717, 1.165) is 30.0 Å². The van der Waals surface area contributed by atoms with Gasteiger partial charge in [0.25, 0.3) is 0 Å². The Labute approximate surface area is 190 Å². The molecule has 0 radical (unpaired) electrons. The monoisotopic (exact) mass is 457 g/mol. The van der Waals surface area contributed by atoms with E-state index in [2.05, 4.69) is 27.9 Å². The topological polar surface area (TPSA) is 81.1 Å². The molecule has 0 saturated carbocycles. The molecule has 3 aromatic rings. The minimum atomic E-state index is -0.445. The lowest BCUT2D eigenvalue weighted by Gasteiger charge is -2.33. The van der Waals surface area contributed by atoms with Crippen LogP contribution in [-0.4, -0.2) is 32.6 Å². The quantitative estimate of drug-likeness (QED) is 0.536. The zero-order valence-electron chi connectivity index (χ0n) is 17.3. The van der Waals surface area contributed by atoms with Gasteiger partial charge in [0.15, 0.2) is 5.82 Å². The molecule has 0 saturated heterocycles. The van der Waals surface area contributed by atoms with Gasteiger partial charge in [0.05, 0.1) is 12.6 Å². The van der Waals surface area contributed by atoms with Crippen molar-refractivity contribution in [2.75, 3.05) is 17.3 Å².